The summed E-state index contributed by atoms with van der Waals surface area (Å²) in [4.78, 5) is 50.9. The Balaban J connectivity index is 1.95. The van der Waals surface area contributed by atoms with Crippen molar-refractivity contribution < 1.29 is 33.1 Å². The zero-order chi connectivity index (χ0) is 24.4. The number of hydrogen-bond acceptors (Lipinski definition) is 4. The molecular weight excluding hydrogens is 438 g/mol. The van der Waals surface area contributed by atoms with Gasteiger partial charge in [-0.15, -0.1) is 0 Å². The number of hydrazine groups is 1. The largest absolute Gasteiger partial charge is 0.464 e. The smallest absolute Gasteiger partial charge is 0.426 e. The van der Waals surface area contributed by atoms with Crippen LogP contribution >= 0.6 is 0 Å². The molecule has 4 amide bonds. The summed E-state index contributed by atoms with van der Waals surface area (Å²) in [6.07, 6.45) is -1.35. The number of carbonyl (C=O) groups is 4. The lowest BCUT2D eigenvalue weighted by Crippen LogP contribution is -2.52. The van der Waals surface area contributed by atoms with Gasteiger partial charge in [0.25, 0.3) is 5.91 Å². The number of likely N-dealkylation sites (N-methyl/N-ethyl adjacent to an activating group) is 1. The van der Waals surface area contributed by atoms with Gasteiger partial charge in [-0.25, -0.2) is 23.6 Å². The maximum Gasteiger partial charge on any atom is 0.426 e. The number of carboxylic acid groups (broad SMARTS) is 1. The third-order valence-electron chi connectivity index (χ3n) is 5.35. The van der Waals surface area contributed by atoms with Crippen LogP contribution in [0, 0.1) is 11.6 Å². The second-order valence-electron chi connectivity index (χ2n) is 7.54. The number of halogens is 2. The van der Waals surface area contributed by atoms with E-state index in [1.807, 2.05) is 0 Å². The quantitative estimate of drug-likeness (QED) is 0.728. The van der Waals surface area contributed by atoms with E-state index in [2.05, 4.69) is 5.32 Å². The van der Waals surface area contributed by atoms with E-state index < -0.39 is 47.5 Å². The van der Waals surface area contributed by atoms with Crippen LogP contribution in [0.2, 0.25) is 0 Å². The fourth-order valence-electron chi connectivity index (χ4n) is 3.74. The number of amides is 4. The first-order valence-electron chi connectivity index (χ1n) is 9.93. The molecule has 0 spiro atoms. The summed E-state index contributed by atoms with van der Waals surface area (Å²) in [5.41, 5.74) is 0.736. The van der Waals surface area contributed by atoms with Gasteiger partial charge in [0, 0.05) is 20.0 Å². The molecule has 3 rings (SSSR count). The Labute approximate surface area is 188 Å². The molecule has 11 heteroatoms. The number of rotatable bonds is 4. The average molecular weight is 460 g/mol. The third-order valence-corrected chi connectivity index (χ3v) is 5.35. The zero-order valence-corrected chi connectivity index (χ0v) is 18.1. The normalized spacial score (nSPS) is 16.5. The van der Waals surface area contributed by atoms with Crippen molar-refractivity contribution in [3.8, 4) is 0 Å². The van der Waals surface area contributed by atoms with Gasteiger partial charge in [-0.05, 0) is 30.2 Å². The van der Waals surface area contributed by atoms with E-state index in [9.17, 15) is 33.1 Å². The fourth-order valence-corrected chi connectivity index (χ4v) is 3.74. The Kier molecular flexibility index (Phi) is 6.61. The van der Waals surface area contributed by atoms with E-state index in [4.69, 9.17) is 0 Å². The van der Waals surface area contributed by atoms with Gasteiger partial charge in [0.15, 0.2) is 0 Å². The molecular formula is C22H22F2N4O5. The molecule has 0 aromatic heterocycles. The van der Waals surface area contributed by atoms with Gasteiger partial charge < -0.3 is 15.3 Å². The predicted molar refractivity (Wildman–Crippen MR) is 113 cm³/mol. The minimum absolute atomic E-state index is 0.113. The molecule has 1 heterocycles. The van der Waals surface area contributed by atoms with Crippen LogP contribution in [0.25, 0.3) is 0 Å². The van der Waals surface area contributed by atoms with Gasteiger partial charge in [-0.3, -0.25) is 14.4 Å². The van der Waals surface area contributed by atoms with Crippen LogP contribution in [0.15, 0.2) is 42.5 Å². The Morgan fingerprint density at radius 2 is 1.76 bits per heavy atom. The van der Waals surface area contributed by atoms with Crippen molar-refractivity contribution >= 4 is 29.5 Å². The number of hydrogen-bond donors (Lipinski definition) is 2. The summed E-state index contributed by atoms with van der Waals surface area (Å²) in [7, 11) is 1.27. The fraction of sp³-hybridized carbons (Fsp3) is 0.273. The molecule has 0 radical (unpaired) electrons. The summed E-state index contributed by atoms with van der Waals surface area (Å²) >= 11 is 0. The molecule has 174 valence electrons. The number of nitrogens with zero attached hydrogens (tertiary/aromatic N) is 3. The van der Waals surface area contributed by atoms with Crippen molar-refractivity contribution in [2.45, 2.75) is 32.5 Å². The Hall–Kier alpha value is -4.02. The molecule has 0 saturated heterocycles. The van der Waals surface area contributed by atoms with E-state index >= 15 is 0 Å². The lowest BCUT2D eigenvalue weighted by Gasteiger charge is -2.31. The maximum atomic E-state index is 13.7. The highest BCUT2D eigenvalue weighted by atomic mass is 19.1. The Bertz CT molecular complexity index is 1110. The second kappa shape index (κ2) is 9.23. The number of anilines is 1. The minimum atomic E-state index is -1.35. The van der Waals surface area contributed by atoms with Crippen LogP contribution in [0.3, 0.4) is 0 Å². The van der Waals surface area contributed by atoms with Crippen molar-refractivity contribution in [2.24, 2.45) is 0 Å². The van der Waals surface area contributed by atoms with Crippen LogP contribution in [-0.2, 0) is 20.9 Å². The lowest BCUT2D eigenvalue weighted by molar-refractivity contribution is -0.146. The van der Waals surface area contributed by atoms with E-state index in [1.165, 1.54) is 14.0 Å². The molecule has 2 aromatic rings. The molecule has 0 aliphatic carbocycles. The van der Waals surface area contributed by atoms with Gasteiger partial charge in [0.1, 0.15) is 23.7 Å². The van der Waals surface area contributed by atoms with Crippen LogP contribution in [-0.4, -0.2) is 52.0 Å². The highest BCUT2D eigenvalue weighted by Crippen LogP contribution is 2.27. The first-order valence-corrected chi connectivity index (χ1v) is 9.93. The zero-order valence-electron chi connectivity index (χ0n) is 18.1. The van der Waals surface area contributed by atoms with Gasteiger partial charge in [0.05, 0.1) is 12.2 Å². The summed E-state index contributed by atoms with van der Waals surface area (Å²) in [6.45, 7) is 2.37. The molecule has 0 fully saturated rings. The van der Waals surface area contributed by atoms with Crippen molar-refractivity contribution in [2.75, 3.05) is 11.9 Å². The first kappa shape index (κ1) is 23.6. The number of benzene rings is 2. The summed E-state index contributed by atoms with van der Waals surface area (Å²) in [5.74, 6) is -3.99. The second-order valence-corrected chi connectivity index (χ2v) is 7.54. The van der Waals surface area contributed by atoms with Gasteiger partial charge in [-0.2, -0.15) is 0 Å². The minimum Gasteiger partial charge on any atom is -0.464 e. The van der Waals surface area contributed by atoms with Crippen molar-refractivity contribution in [1.29, 1.82) is 0 Å². The SMILES string of the molecule is CC(=O)N(c1cc(F)cc(F)c1)[C@@H](C)C(=O)N[C@H]1C(=O)N(C)N(C(=O)O)Cc2ccccc21. The van der Waals surface area contributed by atoms with Gasteiger partial charge in [-0.1, -0.05) is 24.3 Å². The number of fused-ring (bicyclic) bond motifs is 1. The monoisotopic (exact) mass is 460 g/mol. The Morgan fingerprint density at radius 1 is 1.15 bits per heavy atom. The molecule has 2 N–H and O–H groups in total. The van der Waals surface area contributed by atoms with E-state index in [0.717, 1.165) is 34.0 Å². The molecule has 2 aromatic carbocycles. The topological polar surface area (TPSA) is 110 Å². The van der Waals surface area contributed by atoms with Crippen molar-refractivity contribution in [3.63, 3.8) is 0 Å². The van der Waals surface area contributed by atoms with E-state index in [-0.39, 0.29) is 12.2 Å². The van der Waals surface area contributed by atoms with Gasteiger partial charge in [0.2, 0.25) is 11.8 Å². The maximum absolute atomic E-state index is 13.7. The molecule has 0 bridgehead atoms. The molecule has 2 atom stereocenters. The van der Waals surface area contributed by atoms with Gasteiger partial charge >= 0.3 is 6.09 Å². The van der Waals surface area contributed by atoms with Crippen LogP contribution in [0.5, 0.6) is 0 Å². The summed E-state index contributed by atoms with van der Waals surface area (Å²) < 4.78 is 27.4. The molecule has 33 heavy (non-hydrogen) atoms. The summed E-state index contributed by atoms with van der Waals surface area (Å²) in [6, 6.07) is 6.52. The summed E-state index contributed by atoms with van der Waals surface area (Å²) in [5, 5.41) is 13.7. The molecule has 1 aliphatic rings. The van der Waals surface area contributed by atoms with E-state index in [1.54, 1.807) is 24.3 Å². The number of nitrogens with one attached hydrogen (secondary N) is 1. The van der Waals surface area contributed by atoms with Crippen molar-refractivity contribution in [3.05, 3.63) is 65.2 Å². The third kappa shape index (κ3) is 4.76. The first-order chi connectivity index (χ1) is 15.5. The molecule has 0 saturated carbocycles. The van der Waals surface area contributed by atoms with Crippen LogP contribution < -0.4 is 10.2 Å². The lowest BCUT2D eigenvalue weighted by atomic mass is 9.99. The molecule has 9 nitrogen and oxygen atoms in total. The molecule has 1 aliphatic heterocycles. The standard InChI is InChI=1S/C22H22F2N4O5/c1-12(28(13(2)29)17-9-15(23)8-16(24)10-17)20(30)25-19-18-7-5-4-6-14(18)11-27(22(32)33)26(3)21(19)31/h4-10,12,19H,11H2,1-3H3,(H,25,30)(H,32,33)/t12-,19+/m0/s1. The van der Waals surface area contributed by atoms with Crippen molar-refractivity contribution in [1.82, 2.24) is 15.3 Å². The highest BCUT2D eigenvalue weighted by molar-refractivity contribution is 6.00. The highest BCUT2D eigenvalue weighted by Gasteiger charge is 2.37. The average Bonchev–Trinajstić information content (AvgIpc) is 2.83. The van der Waals surface area contributed by atoms with Crippen LogP contribution in [0.1, 0.15) is 31.0 Å². The van der Waals surface area contributed by atoms with E-state index in [0.29, 0.717) is 17.2 Å². The Morgan fingerprint density at radius 3 is 2.33 bits per heavy atom. The molecule has 0 unspecified atom stereocenters. The number of carbonyl (C=O) groups excluding carboxylic acids is 3. The van der Waals surface area contributed by atoms with Crippen LogP contribution in [0.4, 0.5) is 19.3 Å². The predicted octanol–water partition coefficient (Wildman–Crippen LogP) is 2.43.